The zero-order chi connectivity index (χ0) is 26.9. The van der Waals surface area contributed by atoms with E-state index in [1.807, 2.05) is 0 Å². The van der Waals surface area contributed by atoms with Gasteiger partial charge in [-0.15, -0.1) is 0 Å². The molecule has 192 valence electrons. The monoisotopic (exact) mass is 537 g/mol. The van der Waals surface area contributed by atoms with Crippen molar-refractivity contribution >= 4 is 17.6 Å². The standard InChI is InChI=1S/C29H19ClF3NO4/c30-25-15-21(13-12-18(25)9-8-17-4-3-5-20(14-17)28(35)36)37-16-23-26(34-38-27(23)19-10-11-19)22-6-1-2-7-24(22)29(31,32)33/h1-7,12-15,19H,10-11,16H2,(H,35,36). The fourth-order valence-electron chi connectivity index (χ4n) is 3.99. The molecule has 38 heavy (non-hydrogen) atoms. The Bertz CT molecular complexity index is 1580. The van der Waals surface area contributed by atoms with Crippen LogP contribution in [0.5, 0.6) is 5.75 Å². The molecule has 0 unspecified atom stereocenters. The molecule has 5 nitrogen and oxygen atoms in total. The average molecular weight is 538 g/mol. The van der Waals surface area contributed by atoms with E-state index in [1.165, 1.54) is 30.3 Å². The van der Waals surface area contributed by atoms with Gasteiger partial charge in [-0.1, -0.05) is 52.9 Å². The molecule has 0 amide bonds. The van der Waals surface area contributed by atoms with Crippen LogP contribution in [0.3, 0.4) is 0 Å². The van der Waals surface area contributed by atoms with Gasteiger partial charge in [0, 0.05) is 28.7 Å². The molecule has 0 radical (unpaired) electrons. The SMILES string of the molecule is O=C(O)c1cccc(C#Cc2ccc(OCc3c(-c4ccccc4C(F)(F)F)noc3C3CC3)cc2Cl)c1. The summed E-state index contributed by atoms with van der Waals surface area (Å²) in [7, 11) is 0. The second-order valence-electron chi connectivity index (χ2n) is 8.76. The van der Waals surface area contributed by atoms with Crippen LogP contribution in [0.2, 0.25) is 5.02 Å². The second-order valence-corrected chi connectivity index (χ2v) is 9.17. The molecular formula is C29H19ClF3NO4. The average Bonchev–Trinajstić information content (AvgIpc) is 3.65. The van der Waals surface area contributed by atoms with Gasteiger partial charge in [0.25, 0.3) is 0 Å². The molecule has 9 heteroatoms. The van der Waals surface area contributed by atoms with Gasteiger partial charge in [0.05, 0.1) is 21.7 Å². The lowest BCUT2D eigenvalue weighted by Gasteiger charge is -2.13. The summed E-state index contributed by atoms with van der Waals surface area (Å²) in [5, 5.41) is 13.4. The molecule has 0 spiro atoms. The number of nitrogens with zero attached hydrogens (tertiary/aromatic N) is 1. The van der Waals surface area contributed by atoms with Crippen LogP contribution in [0, 0.1) is 11.8 Å². The van der Waals surface area contributed by atoms with Gasteiger partial charge in [-0.25, -0.2) is 4.79 Å². The molecule has 0 aliphatic heterocycles. The molecule has 1 N–H and O–H groups in total. The van der Waals surface area contributed by atoms with Crippen LogP contribution in [-0.2, 0) is 12.8 Å². The van der Waals surface area contributed by atoms with Crippen LogP contribution >= 0.6 is 11.6 Å². The lowest BCUT2D eigenvalue weighted by atomic mass is 9.99. The number of carboxylic acid groups (broad SMARTS) is 1. The smallest absolute Gasteiger partial charge is 0.417 e. The summed E-state index contributed by atoms with van der Waals surface area (Å²) in [6, 6.07) is 16.3. The maximum atomic E-state index is 13.7. The zero-order valence-electron chi connectivity index (χ0n) is 19.7. The van der Waals surface area contributed by atoms with E-state index in [1.54, 1.807) is 30.3 Å². The number of hydrogen-bond donors (Lipinski definition) is 1. The highest BCUT2D eigenvalue weighted by atomic mass is 35.5. The molecule has 1 aliphatic carbocycles. The zero-order valence-corrected chi connectivity index (χ0v) is 20.4. The quantitative estimate of drug-likeness (QED) is 0.257. The van der Waals surface area contributed by atoms with Crippen LogP contribution in [0.4, 0.5) is 13.2 Å². The first-order chi connectivity index (χ1) is 18.2. The van der Waals surface area contributed by atoms with Gasteiger partial charge in [-0.2, -0.15) is 13.2 Å². The highest BCUT2D eigenvalue weighted by molar-refractivity contribution is 6.31. The normalized spacial score (nSPS) is 13.1. The highest BCUT2D eigenvalue weighted by Gasteiger charge is 2.37. The topological polar surface area (TPSA) is 72.6 Å². The molecule has 1 aliphatic rings. The minimum atomic E-state index is -4.55. The van der Waals surface area contributed by atoms with E-state index < -0.39 is 17.7 Å². The van der Waals surface area contributed by atoms with Crippen LogP contribution < -0.4 is 4.74 Å². The molecule has 4 aromatic rings. The van der Waals surface area contributed by atoms with Crippen LogP contribution in [0.1, 0.15) is 57.1 Å². The number of alkyl halides is 3. The number of halogens is 4. The Labute approximate surface area is 220 Å². The number of rotatable bonds is 6. The van der Waals surface area contributed by atoms with Crippen molar-refractivity contribution in [3.8, 4) is 28.8 Å². The second kappa shape index (κ2) is 10.3. The summed E-state index contributed by atoms with van der Waals surface area (Å²) < 4.78 is 52.4. The summed E-state index contributed by atoms with van der Waals surface area (Å²) in [5.41, 5.74) is 0.875. The van der Waals surface area contributed by atoms with Gasteiger partial charge >= 0.3 is 12.1 Å². The van der Waals surface area contributed by atoms with E-state index >= 15 is 0 Å². The summed E-state index contributed by atoms with van der Waals surface area (Å²) in [4.78, 5) is 11.1. The molecule has 5 rings (SSSR count). The first kappa shape index (κ1) is 25.4. The third-order valence-corrected chi connectivity index (χ3v) is 6.34. The van der Waals surface area contributed by atoms with Gasteiger partial charge in [0.15, 0.2) is 0 Å². The molecule has 1 fully saturated rings. The molecule has 1 saturated carbocycles. The predicted molar refractivity (Wildman–Crippen MR) is 134 cm³/mol. The number of aromatic carboxylic acids is 1. The van der Waals surface area contributed by atoms with Crippen molar-refractivity contribution in [3.05, 3.63) is 105 Å². The number of benzene rings is 3. The molecule has 3 aromatic carbocycles. The Balaban J connectivity index is 1.39. The largest absolute Gasteiger partial charge is 0.489 e. The van der Waals surface area contributed by atoms with Gasteiger partial charge in [0.1, 0.15) is 23.8 Å². The first-order valence-electron chi connectivity index (χ1n) is 11.6. The summed E-state index contributed by atoms with van der Waals surface area (Å²) in [6.45, 7) is -0.0554. The van der Waals surface area contributed by atoms with E-state index in [2.05, 4.69) is 17.0 Å². The lowest BCUT2D eigenvalue weighted by molar-refractivity contribution is -0.137. The third-order valence-electron chi connectivity index (χ3n) is 6.03. The Hall–Kier alpha value is -4.22. The Morgan fingerprint density at radius 3 is 2.58 bits per heavy atom. The van der Waals surface area contributed by atoms with Crippen molar-refractivity contribution in [1.82, 2.24) is 5.16 Å². The van der Waals surface area contributed by atoms with E-state index in [-0.39, 0.29) is 29.3 Å². The van der Waals surface area contributed by atoms with E-state index in [0.29, 0.717) is 33.2 Å². The molecule has 1 heterocycles. The van der Waals surface area contributed by atoms with E-state index in [9.17, 15) is 18.0 Å². The lowest BCUT2D eigenvalue weighted by Crippen LogP contribution is -2.08. The van der Waals surface area contributed by atoms with Crippen LogP contribution in [0.25, 0.3) is 11.3 Å². The Morgan fingerprint density at radius 1 is 1.08 bits per heavy atom. The molecule has 0 bridgehead atoms. The number of hydrogen-bond acceptors (Lipinski definition) is 4. The van der Waals surface area contributed by atoms with Crippen molar-refractivity contribution < 1.29 is 32.3 Å². The van der Waals surface area contributed by atoms with Crippen molar-refractivity contribution in [2.45, 2.75) is 31.5 Å². The number of carbonyl (C=O) groups is 1. The number of aromatic nitrogens is 1. The maximum absolute atomic E-state index is 13.7. The first-order valence-corrected chi connectivity index (χ1v) is 12.0. The maximum Gasteiger partial charge on any atom is 0.417 e. The molecular weight excluding hydrogens is 519 g/mol. The van der Waals surface area contributed by atoms with E-state index in [4.69, 9.17) is 26.0 Å². The van der Waals surface area contributed by atoms with Crippen LogP contribution in [-0.4, -0.2) is 16.2 Å². The molecule has 0 atom stereocenters. The minimum absolute atomic E-state index is 0.0554. The van der Waals surface area contributed by atoms with Crippen molar-refractivity contribution in [2.75, 3.05) is 0 Å². The summed E-state index contributed by atoms with van der Waals surface area (Å²) in [5.74, 6) is 5.79. The van der Waals surface area contributed by atoms with Gasteiger partial charge in [-0.05, 0) is 49.2 Å². The number of carboxylic acids is 1. The summed E-state index contributed by atoms with van der Waals surface area (Å²) >= 11 is 6.40. The van der Waals surface area contributed by atoms with Crippen molar-refractivity contribution in [2.24, 2.45) is 0 Å². The number of ether oxygens (including phenoxy) is 1. The predicted octanol–water partition coefficient (Wildman–Crippen LogP) is 7.57. The third kappa shape index (κ3) is 5.53. The van der Waals surface area contributed by atoms with Gasteiger partial charge in [-0.3, -0.25) is 0 Å². The highest BCUT2D eigenvalue weighted by Crippen LogP contribution is 2.46. The van der Waals surface area contributed by atoms with Crippen molar-refractivity contribution in [1.29, 1.82) is 0 Å². The van der Waals surface area contributed by atoms with Crippen LogP contribution in [0.15, 0.2) is 71.3 Å². The fourth-order valence-corrected chi connectivity index (χ4v) is 4.21. The minimum Gasteiger partial charge on any atom is -0.489 e. The van der Waals surface area contributed by atoms with Gasteiger partial charge in [0.2, 0.25) is 0 Å². The Kier molecular flexibility index (Phi) is 6.87. The van der Waals surface area contributed by atoms with E-state index in [0.717, 1.165) is 18.9 Å². The summed E-state index contributed by atoms with van der Waals surface area (Å²) in [6.07, 6.45) is -2.80. The Morgan fingerprint density at radius 2 is 1.87 bits per heavy atom. The molecule has 1 aromatic heterocycles. The molecule has 0 saturated heterocycles. The van der Waals surface area contributed by atoms with Crippen molar-refractivity contribution in [3.63, 3.8) is 0 Å². The fraction of sp³-hybridized carbons (Fsp3) is 0.172. The van der Waals surface area contributed by atoms with Gasteiger partial charge < -0.3 is 14.4 Å².